The maximum Gasteiger partial charge on any atom is 0.261 e. The Kier molecular flexibility index (Phi) is 4.10. The molecule has 1 amide bonds. The molecule has 0 radical (unpaired) electrons. The van der Waals surface area contributed by atoms with Gasteiger partial charge in [0.05, 0.1) is 16.0 Å². The Bertz CT molecular complexity index is 751. The van der Waals surface area contributed by atoms with E-state index in [0.29, 0.717) is 0 Å². The number of amides is 1. The van der Waals surface area contributed by atoms with Gasteiger partial charge in [-0.1, -0.05) is 0 Å². The van der Waals surface area contributed by atoms with E-state index < -0.39 is 15.7 Å². The van der Waals surface area contributed by atoms with Gasteiger partial charge in [-0.25, -0.2) is 8.42 Å². The Morgan fingerprint density at radius 1 is 1.21 bits per heavy atom. The molecule has 0 fully saturated rings. The number of hydrogen-bond acceptors (Lipinski definition) is 6. The lowest BCUT2D eigenvalue weighted by molar-refractivity contribution is -0.116. The lowest BCUT2D eigenvalue weighted by atomic mass is 10.1. The molecule has 0 N–H and O–H groups in total. The summed E-state index contributed by atoms with van der Waals surface area (Å²) in [7, 11) is -3.66. The van der Waals surface area contributed by atoms with Gasteiger partial charge in [0, 0.05) is 13.2 Å². The van der Waals surface area contributed by atoms with Gasteiger partial charge in [0.2, 0.25) is 0 Å². The molecule has 0 aliphatic heterocycles. The lowest BCUT2D eigenvalue weighted by Crippen LogP contribution is -2.00. The first kappa shape index (κ1) is 14.5. The Hall–Kier alpha value is -2.58. The van der Waals surface area contributed by atoms with Crippen molar-refractivity contribution in [1.82, 2.24) is 0 Å². The maximum atomic E-state index is 11.6. The summed E-state index contributed by atoms with van der Waals surface area (Å²) >= 11 is 0. The highest BCUT2D eigenvalue weighted by atomic mass is 32.2. The van der Waals surface area contributed by atoms with Crippen molar-refractivity contribution in [1.29, 1.82) is 10.5 Å². The van der Waals surface area contributed by atoms with Crippen LogP contribution in [0.1, 0.15) is 18.1 Å². The van der Waals surface area contributed by atoms with Gasteiger partial charge in [-0.3, -0.25) is 4.79 Å². The summed E-state index contributed by atoms with van der Waals surface area (Å²) in [5.41, 5.74) is -0.259. The van der Waals surface area contributed by atoms with Gasteiger partial charge in [0.15, 0.2) is 9.84 Å². The van der Waals surface area contributed by atoms with E-state index in [2.05, 4.69) is 10.2 Å². The van der Waals surface area contributed by atoms with Gasteiger partial charge in [0.1, 0.15) is 17.8 Å². The van der Waals surface area contributed by atoms with Crippen LogP contribution in [0.4, 0.5) is 5.69 Å². The summed E-state index contributed by atoms with van der Waals surface area (Å²) in [4.78, 5) is 10.5. The molecule has 0 unspecified atom stereocenters. The van der Waals surface area contributed by atoms with Crippen LogP contribution in [0.2, 0.25) is 0 Å². The van der Waals surface area contributed by atoms with Crippen molar-refractivity contribution < 1.29 is 13.2 Å². The lowest BCUT2D eigenvalue weighted by Gasteiger charge is -2.04. The minimum absolute atomic E-state index is 0.0348. The highest BCUT2D eigenvalue weighted by Crippen LogP contribution is 2.28. The van der Waals surface area contributed by atoms with Crippen molar-refractivity contribution in [3.63, 3.8) is 0 Å². The third-order valence-corrected chi connectivity index (χ3v) is 3.16. The molecule has 0 spiro atoms. The second-order valence-corrected chi connectivity index (χ2v) is 5.56. The molecule has 0 aromatic heterocycles. The Balaban J connectivity index is 3.66. The third kappa shape index (κ3) is 3.44. The summed E-state index contributed by atoms with van der Waals surface area (Å²) in [5, 5.41) is 24.4. The van der Waals surface area contributed by atoms with E-state index in [1.807, 2.05) is 0 Å². The highest BCUT2D eigenvalue weighted by molar-refractivity contribution is 7.90. The van der Waals surface area contributed by atoms with E-state index in [0.717, 1.165) is 25.3 Å². The van der Waals surface area contributed by atoms with Crippen LogP contribution in [0.25, 0.3) is 0 Å². The van der Waals surface area contributed by atoms with Gasteiger partial charge < -0.3 is 0 Å². The van der Waals surface area contributed by atoms with E-state index in [1.54, 1.807) is 12.1 Å². The van der Waals surface area contributed by atoms with Gasteiger partial charge in [-0.15, -0.1) is 10.2 Å². The van der Waals surface area contributed by atoms with Crippen LogP contribution in [0, 0.1) is 22.7 Å². The molecule has 0 aliphatic carbocycles. The van der Waals surface area contributed by atoms with Crippen molar-refractivity contribution >= 4 is 21.4 Å². The van der Waals surface area contributed by atoms with Crippen LogP contribution in [0.5, 0.6) is 0 Å². The van der Waals surface area contributed by atoms with E-state index in [9.17, 15) is 13.2 Å². The summed E-state index contributed by atoms with van der Waals surface area (Å²) in [6, 6.07) is 5.63. The zero-order valence-corrected chi connectivity index (χ0v) is 10.9. The molecule has 0 heterocycles. The number of nitrogens with zero attached hydrogens (tertiary/aromatic N) is 4. The quantitative estimate of drug-likeness (QED) is 0.756. The molecular formula is C11H8N4O3S. The third-order valence-electron chi connectivity index (χ3n) is 2.04. The van der Waals surface area contributed by atoms with Crippen LogP contribution in [0.15, 0.2) is 27.3 Å². The maximum absolute atomic E-state index is 11.6. The molecule has 1 aromatic rings. The number of benzene rings is 1. The van der Waals surface area contributed by atoms with Gasteiger partial charge in [0.25, 0.3) is 5.91 Å². The summed E-state index contributed by atoms with van der Waals surface area (Å²) in [6.07, 6.45) is 0.933. The fourth-order valence-corrected chi connectivity index (χ4v) is 2.06. The zero-order valence-electron chi connectivity index (χ0n) is 10.1. The Morgan fingerprint density at radius 3 is 2.16 bits per heavy atom. The number of hydrogen-bond donors (Lipinski definition) is 0. The topological polar surface area (TPSA) is 124 Å². The first-order valence-corrected chi connectivity index (χ1v) is 6.79. The van der Waals surface area contributed by atoms with Crippen LogP contribution in [0.3, 0.4) is 0 Å². The Morgan fingerprint density at radius 2 is 1.74 bits per heavy atom. The smallest absolute Gasteiger partial charge is 0.261 e. The number of nitriles is 2. The van der Waals surface area contributed by atoms with E-state index in [-0.39, 0.29) is 21.7 Å². The monoisotopic (exact) mass is 276 g/mol. The standard InChI is InChI=1S/C11H8N4O3S/c1-7(16)14-15-10-3-8(5-12)9(6-13)4-11(10)19(2,17)18/h3-4H,1-2H3. The minimum atomic E-state index is -3.66. The van der Waals surface area contributed by atoms with Crippen molar-refractivity contribution in [2.75, 3.05) is 6.26 Å². The molecule has 1 rings (SSSR count). The van der Waals surface area contributed by atoms with E-state index >= 15 is 0 Å². The molecule has 19 heavy (non-hydrogen) atoms. The molecule has 1 aromatic carbocycles. The summed E-state index contributed by atoms with van der Waals surface area (Å²) in [5.74, 6) is -0.609. The Labute approximate surface area is 109 Å². The molecular weight excluding hydrogens is 268 g/mol. The van der Waals surface area contributed by atoms with Crippen LogP contribution in [-0.2, 0) is 14.6 Å². The van der Waals surface area contributed by atoms with E-state index in [1.165, 1.54) is 0 Å². The minimum Gasteiger partial charge on any atom is -0.271 e. The molecule has 7 nitrogen and oxygen atoms in total. The molecule has 96 valence electrons. The normalized spacial score (nSPS) is 10.9. The predicted molar refractivity (Wildman–Crippen MR) is 64.2 cm³/mol. The highest BCUT2D eigenvalue weighted by Gasteiger charge is 2.17. The fourth-order valence-electron chi connectivity index (χ4n) is 1.25. The predicted octanol–water partition coefficient (Wildman–Crippen LogP) is 1.46. The average Bonchev–Trinajstić information content (AvgIpc) is 2.33. The fraction of sp³-hybridized carbons (Fsp3) is 0.182. The second kappa shape index (κ2) is 5.38. The molecule has 0 saturated heterocycles. The van der Waals surface area contributed by atoms with Crippen LogP contribution in [-0.4, -0.2) is 20.6 Å². The SMILES string of the molecule is CC(=O)N=Nc1cc(C#N)c(C#N)cc1S(C)(=O)=O. The van der Waals surface area contributed by atoms with Crippen molar-refractivity contribution in [2.24, 2.45) is 10.2 Å². The number of carbonyl (C=O) groups excluding carboxylic acids is 1. The van der Waals surface area contributed by atoms with Gasteiger partial charge >= 0.3 is 0 Å². The van der Waals surface area contributed by atoms with Crippen LogP contribution < -0.4 is 0 Å². The van der Waals surface area contributed by atoms with Crippen molar-refractivity contribution in [3.05, 3.63) is 23.3 Å². The molecule has 0 bridgehead atoms. The molecule has 0 saturated carbocycles. The number of rotatable bonds is 2. The number of carbonyl (C=O) groups is 1. The summed E-state index contributed by atoms with van der Waals surface area (Å²) < 4.78 is 23.2. The first-order valence-electron chi connectivity index (χ1n) is 4.90. The van der Waals surface area contributed by atoms with Gasteiger partial charge in [-0.05, 0) is 12.1 Å². The molecule has 0 aliphatic rings. The van der Waals surface area contributed by atoms with Crippen molar-refractivity contribution in [3.8, 4) is 12.1 Å². The summed E-state index contributed by atoms with van der Waals surface area (Å²) in [6.45, 7) is 1.15. The molecule has 8 heteroatoms. The van der Waals surface area contributed by atoms with Crippen molar-refractivity contribution in [2.45, 2.75) is 11.8 Å². The second-order valence-electron chi connectivity index (χ2n) is 3.58. The largest absolute Gasteiger partial charge is 0.271 e. The zero-order chi connectivity index (χ0) is 14.6. The first-order chi connectivity index (χ1) is 8.79. The average molecular weight is 276 g/mol. The number of sulfone groups is 1. The van der Waals surface area contributed by atoms with Crippen LogP contribution >= 0.6 is 0 Å². The molecule has 0 atom stereocenters. The number of azo groups is 1. The van der Waals surface area contributed by atoms with E-state index in [4.69, 9.17) is 10.5 Å². The van der Waals surface area contributed by atoms with Gasteiger partial charge in [-0.2, -0.15) is 10.5 Å².